The minimum Gasteiger partial charge on any atom is -0.497 e. The molecule has 1 atom stereocenters. The maximum atomic E-state index is 13.1. The van der Waals surface area contributed by atoms with Crippen LogP contribution < -0.4 is 4.74 Å². The number of benzene rings is 2. The van der Waals surface area contributed by atoms with Gasteiger partial charge in [0.05, 0.1) is 19.4 Å². The molecule has 2 heterocycles. The number of methoxy groups -OCH3 is 1. The fraction of sp³-hybridized carbons (Fsp3) is 0.261. The highest BCUT2D eigenvalue weighted by molar-refractivity contribution is 5.64. The van der Waals surface area contributed by atoms with Crippen molar-refractivity contribution in [3.8, 4) is 16.9 Å². The number of pyridine rings is 1. The van der Waals surface area contributed by atoms with E-state index in [1.54, 1.807) is 7.11 Å². The number of hydrogen-bond acceptors (Lipinski definition) is 4. The third-order valence-electron chi connectivity index (χ3n) is 4.99. The van der Waals surface area contributed by atoms with E-state index in [1.807, 2.05) is 48.7 Å². The van der Waals surface area contributed by atoms with Gasteiger partial charge in [-0.3, -0.25) is 9.88 Å². The zero-order valence-electron chi connectivity index (χ0n) is 15.8. The monoisotopic (exact) mass is 378 g/mol. The largest absolute Gasteiger partial charge is 0.497 e. The van der Waals surface area contributed by atoms with Gasteiger partial charge in [-0.25, -0.2) is 4.39 Å². The molecule has 1 aliphatic rings. The molecule has 5 heteroatoms. The standard InChI is InChI=1S/C23H23FN2O2/c1-27-21-4-2-3-18(13-21)19-7-10-22(25-14-19)23-16-26(11-12-28-23)15-17-5-8-20(24)9-6-17/h2-10,13-14,23H,11-12,15-16H2,1H3. The fourth-order valence-corrected chi connectivity index (χ4v) is 3.44. The van der Waals surface area contributed by atoms with E-state index < -0.39 is 0 Å². The summed E-state index contributed by atoms with van der Waals surface area (Å²) >= 11 is 0. The van der Waals surface area contributed by atoms with Gasteiger partial charge in [-0.2, -0.15) is 0 Å². The van der Waals surface area contributed by atoms with E-state index in [1.165, 1.54) is 12.1 Å². The van der Waals surface area contributed by atoms with Gasteiger partial charge in [0.1, 0.15) is 17.7 Å². The van der Waals surface area contributed by atoms with Gasteiger partial charge in [-0.15, -0.1) is 0 Å². The molecule has 0 N–H and O–H groups in total. The van der Waals surface area contributed by atoms with Crippen LogP contribution in [0.5, 0.6) is 5.75 Å². The van der Waals surface area contributed by atoms with Gasteiger partial charge in [0.15, 0.2) is 0 Å². The lowest BCUT2D eigenvalue weighted by Gasteiger charge is -2.32. The van der Waals surface area contributed by atoms with E-state index in [2.05, 4.69) is 16.0 Å². The molecule has 0 amide bonds. The third-order valence-corrected chi connectivity index (χ3v) is 4.99. The summed E-state index contributed by atoms with van der Waals surface area (Å²) in [4.78, 5) is 6.96. The third kappa shape index (κ3) is 4.38. The quantitative estimate of drug-likeness (QED) is 0.656. The summed E-state index contributed by atoms with van der Waals surface area (Å²) in [6, 6.07) is 18.7. The van der Waals surface area contributed by atoms with Crippen molar-refractivity contribution in [1.82, 2.24) is 9.88 Å². The molecular formula is C23H23FN2O2. The number of rotatable bonds is 5. The summed E-state index contributed by atoms with van der Waals surface area (Å²) < 4.78 is 24.3. The number of aromatic nitrogens is 1. The van der Waals surface area contributed by atoms with E-state index in [4.69, 9.17) is 9.47 Å². The molecule has 1 saturated heterocycles. The Hall–Kier alpha value is -2.76. The predicted octanol–water partition coefficient (Wildman–Crippen LogP) is 4.47. The van der Waals surface area contributed by atoms with Crippen LogP contribution in [0.25, 0.3) is 11.1 Å². The Morgan fingerprint density at radius 2 is 1.96 bits per heavy atom. The minimum atomic E-state index is -0.205. The Morgan fingerprint density at radius 1 is 1.11 bits per heavy atom. The first-order valence-corrected chi connectivity index (χ1v) is 9.40. The van der Waals surface area contributed by atoms with Crippen LogP contribution in [-0.4, -0.2) is 36.7 Å². The highest BCUT2D eigenvalue weighted by Gasteiger charge is 2.23. The second-order valence-corrected chi connectivity index (χ2v) is 6.92. The Kier molecular flexibility index (Phi) is 5.65. The zero-order chi connectivity index (χ0) is 19.3. The molecule has 0 aliphatic carbocycles. The van der Waals surface area contributed by atoms with Crippen LogP contribution in [0.3, 0.4) is 0 Å². The summed E-state index contributed by atoms with van der Waals surface area (Å²) in [5, 5.41) is 0. The molecule has 3 aromatic rings. The lowest BCUT2D eigenvalue weighted by atomic mass is 10.1. The van der Waals surface area contributed by atoms with Crippen LogP contribution in [0, 0.1) is 5.82 Å². The molecule has 1 aliphatic heterocycles. The molecule has 1 unspecified atom stereocenters. The molecule has 4 rings (SSSR count). The normalized spacial score (nSPS) is 17.4. The lowest BCUT2D eigenvalue weighted by molar-refractivity contribution is -0.0349. The number of nitrogens with zero attached hydrogens (tertiary/aromatic N) is 2. The highest BCUT2D eigenvalue weighted by Crippen LogP contribution is 2.26. The number of hydrogen-bond donors (Lipinski definition) is 0. The van der Waals surface area contributed by atoms with Crippen LogP contribution in [0.2, 0.25) is 0 Å². The van der Waals surface area contributed by atoms with Crippen LogP contribution in [0.15, 0.2) is 66.9 Å². The van der Waals surface area contributed by atoms with Gasteiger partial charge in [-0.1, -0.05) is 30.3 Å². The van der Waals surface area contributed by atoms with E-state index in [-0.39, 0.29) is 11.9 Å². The van der Waals surface area contributed by atoms with Gasteiger partial charge in [0.2, 0.25) is 0 Å². The summed E-state index contributed by atoms with van der Waals surface area (Å²) in [5.74, 6) is 0.623. The van der Waals surface area contributed by atoms with E-state index in [0.29, 0.717) is 6.61 Å². The molecule has 0 bridgehead atoms. The van der Waals surface area contributed by atoms with Crippen molar-refractivity contribution in [3.05, 3.63) is 83.9 Å². The molecule has 28 heavy (non-hydrogen) atoms. The van der Waals surface area contributed by atoms with Crippen molar-refractivity contribution in [2.75, 3.05) is 26.8 Å². The van der Waals surface area contributed by atoms with Gasteiger partial charge in [-0.05, 0) is 41.5 Å². The van der Waals surface area contributed by atoms with E-state index in [9.17, 15) is 4.39 Å². The summed E-state index contributed by atoms with van der Waals surface area (Å²) in [6.45, 7) is 3.06. The van der Waals surface area contributed by atoms with Gasteiger partial charge in [0, 0.05) is 31.4 Å². The van der Waals surface area contributed by atoms with Crippen LogP contribution in [0.1, 0.15) is 17.4 Å². The fourth-order valence-electron chi connectivity index (χ4n) is 3.44. The molecule has 0 saturated carbocycles. The van der Waals surface area contributed by atoms with Crippen LogP contribution in [-0.2, 0) is 11.3 Å². The molecule has 0 spiro atoms. The molecular weight excluding hydrogens is 355 g/mol. The van der Waals surface area contributed by atoms with Crippen molar-refractivity contribution < 1.29 is 13.9 Å². The summed E-state index contributed by atoms with van der Waals surface area (Å²) in [7, 11) is 1.67. The predicted molar refractivity (Wildman–Crippen MR) is 107 cm³/mol. The molecule has 1 aromatic heterocycles. The Labute approximate surface area is 164 Å². The smallest absolute Gasteiger partial charge is 0.123 e. The maximum Gasteiger partial charge on any atom is 0.123 e. The van der Waals surface area contributed by atoms with Crippen LogP contribution in [0.4, 0.5) is 4.39 Å². The summed E-state index contributed by atoms with van der Waals surface area (Å²) in [6.07, 6.45) is 1.82. The molecule has 4 nitrogen and oxygen atoms in total. The summed E-state index contributed by atoms with van der Waals surface area (Å²) in [5.41, 5.74) is 4.14. The van der Waals surface area contributed by atoms with E-state index >= 15 is 0 Å². The first-order valence-electron chi connectivity index (χ1n) is 9.40. The average molecular weight is 378 g/mol. The molecule has 144 valence electrons. The lowest BCUT2D eigenvalue weighted by Crippen LogP contribution is -2.38. The van der Waals surface area contributed by atoms with Crippen molar-refractivity contribution >= 4 is 0 Å². The van der Waals surface area contributed by atoms with Gasteiger partial charge < -0.3 is 9.47 Å². The number of ether oxygens (including phenoxy) is 2. The van der Waals surface area contributed by atoms with Gasteiger partial charge in [0.25, 0.3) is 0 Å². The average Bonchev–Trinajstić information content (AvgIpc) is 2.76. The first-order chi connectivity index (χ1) is 13.7. The zero-order valence-corrected chi connectivity index (χ0v) is 15.8. The second-order valence-electron chi connectivity index (χ2n) is 6.92. The van der Waals surface area contributed by atoms with Crippen molar-refractivity contribution in [2.45, 2.75) is 12.6 Å². The Balaban J connectivity index is 1.44. The maximum absolute atomic E-state index is 13.1. The van der Waals surface area contributed by atoms with E-state index in [0.717, 1.165) is 47.8 Å². The van der Waals surface area contributed by atoms with Crippen molar-refractivity contribution in [2.24, 2.45) is 0 Å². The molecule has 2 aromatic carbocycles. The Bertz CT molecular complexity index is 913. The highest BCUT2D eigenvalue weighted by atomic mass is 19.1. The van der Waals surface area contributed by atoms with Crippen molar-refractivity contribution in [1.29, 1.82) is 0 Å². The second kappa shape index (κ2) is 8.50. The minimum absolute atomic E-state index is 0.0615. The molecule has 0 radical (unpaired) electrons. The topological polar surface area (TPSA) is 34.6 Å². The SMILES string of the molecule is COc1cccc(-c2ccc(C3CN(Cc4ccc(F)cc4)CCO3)nc2)c1. The first kappa shape index (κ1) is 18.6. The Morgan fingerprint density at radius 3 is 2.71 bits per heavy atom. The number of morpholine rings is 1. The van der Waals surface area contributed by atoms with Crippen molar-refractivity contribution in [3.63, 3.8) is 0 Å². The molecule has 1 fully saturated rings. The van der Waals surface area contributed by atoms with Gasteiger partial charge >= 0.3 is 0 Å². The number of halogens is 1. The van der Waals surface area contributed by atoms with Crippen LogP contribution >= 0.6 is 0 Å².